The van der Waals surface area contributed by atoms with Crippen molar-refractivity contribution in [2.45, 2.75) is 32.3 Å². The maximum Gasteiger partial charge on any atom is 0.349 e. The molecule has 1 unspecified atom stereocenters. The predicted octanol–water partition coefficient (Wildman–Crippen LogP) is 4.19. The highest BCUT2D eigenvalue weighted by Gasteiger charge is 2.22. The summed E-state index contributed by atoms with van der Waals surface area (Å²) >= 11 is 0. The predicted molar refractivity (Wildman–Crippen MR) is 82.6 cm³/mol. The van der Waals surface area contributed by atoms with Crippen LogP contribution in [0.25, 0.3) is 0 Å². The van der Waals surface area contributed by atoms with Crippen LogP contribution < -0.4 is 4.74 Å². The zero-order valence-corrected chi connectivity index (χ0v) is 12.5. The molecule has 0 saturated carbocycles. The van der Waals surface area contributed by atoms with Crippen molar-refractivity contribution in [3.05, 3.63) is 65.7 Å². The molecule has 0 aliphatic carbocycles. The van der Waals surface area contributed by atoms with Crippen LogP contribution in [0.15, 0.2) is 54.6 Å². The fourth-order valence-electron chi connectivity index (χ4n) is 2.06. The highest BCUT2D eigenvalue weighted by atomic mass is 16.5. The molecule has 0 aliphatic rings. The van der Waals surface area contributed by atoms with E-state index in [9.17, 15) is 9.90 Å². The Morgan fingerprint density at radius 1 is 1.05 bits per heavy atom. The van der Waals surface area contributed by atoms with Gasteiger partial charge in [-0.2, -0.15) is 0 Å². The lowest BCUT2D eigenvalue weighted by molar-refractivity contribution is -0.145. The molecule has 0 heterocycles. The standard InChI is InChI=1S/C18H20O3/c1-18(2,3)14-10-7-11-15(12-14)21-16(17(19)20)13-8-5-4-6-9-13/h4-12,16H,1-3H3,(H,19,20). The van der Waals surface area contributed by atoms with Crippen LogP contribution in [0, 0.1) is 0 Å². The van der Waals surface area contributed by atoms with E-state index in [2.05, 4.69) is 20.8 Å². The first-order chi connectivity index (χ1) is 9.88. The van der Waals surface area contributed by atoms with Crippen molar-refractivity contribution in [1.29, 1.82) is 0 Å². The van der Waals surface area contributed by atoms with Gasteiger partial charge in [0.1, 0.15) is 5.75 Å². The average Bonchev–Trinajstić information content (AvgIpc) is 2.45. The van der Waals surface area contributed by atoms with Crippen molar-refractivity contribution >= 4 is 5.97 Å². The van der Waals surface area contributed by atoms with Crippen LogP contribution in [0.5, 0.6) is 5.75 Å². The molecule has 1 N–H and O–H groups in total. The third kappa shape index (κ3) is 3.85. The topological polar surface area (TPSA) is 46.5 Å². The minimum Gasteiger partial charge on any atom is -0.478 e. The SMILES string of the molecule is CC(C)(C)c1cccc(OC(C(=O)O)c2ccccc2)c1. The summed E-state index contributed by atoms with van der Waals surface area (Å²) in [5, 5.41) is 9.39. The number of hydrogen-bond donors (Lipinski definition) is 1. The lowest BCUT2D eigenvalue weighted by Gasteiger charge is -2.21. The van der Waals surface area contributed by atoms with E-state index in [-0.39, 0.29) is 5.41 Å². The average molecular weight is 284 g/mol. The van der Waals surface area contributed by atoms with Crippen LogP contribution in [-0.2, 0) is 10.2 Å². The van der Waals surface area contributed by atoms with Crippen LogP contribution in [0.4, 0.5) is 0 Å². The quantitative estimate of drug-likeness (QED) is 0.915. The zero-order chi connectivity index (χ0) is 15.5. The van der Waals surface area contributed by atoms with E-state index in [4.69, 9.17) is 4.74 Å². The van der Waals surface area contributed by atoms with Gasteiger partial charge in [-0.05, 0) is 23.1 Å². The van der Waals surface area contributed by atoms with Crippen LogP contribution in [0.1, 0.15) is 38.0 Å². The summed E-state index contributed by atoms with van der Waals surface area (Å²) in [5.74, 6) is -0.430. The summed E-state index contributed by atoms with van der Waals surface area (Å²) in [4.78, 5) is 11.5. The Balaban J connectivity index is 2.28. The van der Waals surface area contributed by atoms with Crippen LogP contribution in [-0.4, -0.2) is 11.1 Å². The smallest absolute Gasteiger partial charge is 0.349 e. The maximum absolute atomic E-state index is 11.5. The van der Waals surface area contributed by atoms with Gasteiger partial charge in [0.25, 0.3) is 0 Å². The fraction of sp³-hybridized carbons (Fsp3) is 0.278. The van der Waals surface area contributed by atoms with E-state index >= 15 is 0 Å². The lowest BCUT2D eigenvalue weighted by Crippen LogP contribution is -2.18. The zero-order valence-electron chi connectivity index (χ0n) is 12.5. The van der Waals surface area contributed by atoms with Gasteiger partial charge in [-0.25, -0.2) is 4.79 Å². The highest BCUT2D eigenvalue weighted by molar-refractivity contribution is 5.74. The van der Waals surface area contributed by atoms with Gasteiger partial charge in [-0.3, -0.25) is 0 Å². The number of ether oxygens (including phenoxy) is 1. The van der Waals surface area contributed by atoms with Gasteiger partial charge in [0.05, 0.1) is 0 Å². The van der Waals surface area contributed by atoms with E-state index in [0.717, 1.165) is 5.56 Å². The first-order valence-electron chi connectivity index (χ1n) is 6.93. The number of aliphatic carboxylic acids is 1. The van der Waals surface area contributed by atoms with E-state index in [1.54, 1.807) is 30.3 Å². The van der Waals surface area contributed by atoms with Crippen LogP contribution in [0.2, 0.25) is 0 Å². The first kappa shape index (κ1) is 15.1. The van der Waals surface area contributed by atoms with E-state index in [0.29, 0.717) is 11.3 Å². The van der Waals surface area contributed by atoms with Gasteiger partial charge in [0.2, 0.25) is 6.10 Å². The summed E-state index contributed by atoms with van der Waals surface area (Å²) in [5.41, 5.74) is 1.73. The highest BCUT2D eigenvalue weighted by Crippen LogP contribution is 2.28. The lowest BCUT2D eigenvalue weighted by atomic mass is 9.87. The second kappa shape index (κ2) is 6.00. The van der Waals surface area contributed by atoms with E-state index in [1.165, 1.54) is 0 Å². The Morgan fingerprint density at radius 3 is 2.29 bits per heavy atom. The molecule has 110 valence electrons. The summed E-state index contributed by atoms with van der Waals surface area (Å²) in [6, 6.07) is 16.6. The minimum absolute atomic E-state index is 0.00909. The van der Waals surface area contributed by atoms with Crippen molar-refractivity contribution < 1.29 is 14.6 Å². The Kier molecular flexibility index (Phi) is 4.32. The van der Waals surface area contributed by atoms with Crippen molar-refractivity contribution in [2.75, 3.05) is 0 Å². The molecular formula is C18H20O3. The number of carboxylic acid groups (broad SMARTS) is 1. The molecule has 0 bridgehead atoms. The molecule has 2 aromatic rings. The van der Waals surface area contributed by atoms with Gasteiger partial charge >= 0.3 is 5.97 Å². The second-order valence-corrected chi connectivity index (χ2v) is 6.02. The Bertz CT molecular complexity index is 612. The number of carboxylic acids is 1. The van der Waals surface area contributed by atoms with Gasteiger partial charge in [0.15, 0.2) is 0 Å². The molecule has 3 nitrogen and oxygen atoms in total. The van der Waals surface area contributed by atoms with Crippen molar-refractivity contribution in [1.82, 2.24) is 0 Å². The van der Waals surface area contributed by atoms with Gasteiger partial charge in [-0.1, -0.05) is 63.2 Å². The summed E-state index contributed by atoms with van der Waals surface area (Å²) in [6.45, 7) is 6.33. The molecule has 0 amide bonds. The minimum atomic E-state index is -0.999. The largest absolute Gasteiger partial charge is 0.478 e. The number of hydrogen-bond acceptors (Lipinski definition) is 2. The molecular weight excluding hydrogens is 264 g/mol. The molecule has 0 radical (unpaired) electrons. The number of rotatable bonds is 4. The van der Waals surface area contributed by atoms with Gasteiger partial charge in [-0.15, -0.1) is 0 Å². The normalized spacial score (nSPS) is 12.7. The van der Waals surface area contributed by atoms with Crippen molar-refractivity contribution in [3.63, 3.8) is 0 Å². The molecule has 0 aliphatic heterocycles. The summed E-state index contributed by atoms with van der Waals surface area (Å²) in [6.07, 6.45) is -0.999. The molecule has 2 rings (SSSR count). The van der Waals surface area contributed by atoms with E-state index in [1.807, 2.05) is 24.3 Å². The van der Waals surface area contributed by atoms with Crippen molar-refractivity contribution in [2.24, 2.45) is 0 Å². The molecule has 0 saturated heterocycles. The molecule has 21 heavy (non-hydrogen) atoms. The summed E-state index contributed by atoms with van der Waals surface area (Å²) in [7, 11) is 0. The van der Waals surface area contributed by atoms with Crippen molar-refractivity contribution in [3.8, 4) is 5.75 Å². The van der Waals surface area contributed by atoms with Crippen LogP contribution >= 0.6 is 0 Å². The Hall–Kier alpha value is -2.29. The monoisotopic (exact) mass is 284 g/mol. The first-order valence-corrected chi connectivity index (χ1v) is 6.93. The third-order valence-electron chi connectivity index (χ3n) is 3.28. The third-order valence-corrected chi connectivity index (χ3v) is 3.28. The molecule has 0 spiro atoms. The molecule has 2 aromatic carbocycles. The molecule has 1 atom stereocenters. The fourth-order valence-corrected chi connectivity index (χ4v) is 2.06. The van der Waals surface area contributed by atoms with Crippen LogP contribution in [0.3, 0.4) is 0 Å². The van der Waals surface area contributed by atoms with Gasteiger partial charge < -0.3 is 9.84 Å². The molecule has 0 fully saturated rings. The van der Waals surface area contributed by atoms with E-state index < -0.39 is 12.1 Å². The van der Waals surface area contributed by atoms with Gasteiger partial charge in [0, 0.05) is 5.56 Å². The second-order valence-electron chi connectivity index (χ2n) is 6.02. The molecule has 0 aromatic heterocycles. The Morgan fingerprint density at radius 2 is 1.71 bits per heavy atom. The number of benzene rings is 2. The molecule has 3 heteroatoms. The maximum atomic E-state index is 11.5. The summed E-state index contributed by atoms with van der Waals surface area (Å²) < 4.78 is 5.70. The Labute approximate surface area is 125 Å². The number of carbonyl (C=O) groups is 1.